The first-order valence-corrected chi connectivity index (χ1v) is 8.95. The minimum Gasteiger partial charge on any atom is -0.508 e. The number of anilines is 2. The van der Waals surface area contributed by atoms with Gasteiger partial charge in [-0.25, -0.2) is 0 Å². The molecule has 6 nitrogen and oxygen atoms in total. The molecule has 4 N–H and O–H groups in total. The van der Waals surface area contributed by atoms with Crippen molar-refractivity contribution in [2.75, 3.05) is 42.9 Å². The molecule has 0 radical (unpaired) electrons. The van der Waals surface area contributed by atoms with Crippen LogP contribution in [0.5, 0.6) is 5.75 Å². The smallest absolute Gasteiger partial charge is 0.250 e. The molecule has 138 valence electrons. The number of nitrogens with two attached hydrogens (primary N) is 1. The number of rotatable bonds is 6. The number of hydrogen-bond donors (Lipinski definition) is 3. The second-order valence-corrected chi connectivity index (χ2v) is 6.68. The van der Waals surface area contributed by atoms with Gasteiger partial charge in [0, 0.05) is 50.1 Å². The quantitative estimate of drug-likeness (QED) is 0.692. The summed E-state index contributed by atoms with van der Waals surface area (Å²) in [6.07, 6.45) is 0. The van der Waals surface area contributed by atoms with Gasteiger partial charge in [-0.05, 0) is 37.3 Å². The van der Waals surface area contributed by atoms with E-state index in [1.165, 1.54) is 11.8 Å². The standard InChI is InChI=1S/C20H26N4O2/c1-15(14-22-19-8-7-17(25)13-18(19)20(21)26)23-9-11-24(12-10-23)16-5-3-2-4-6-16/h2-8,13,15,22,25H,9-12,14H2,1H3,(H2,21,26). The highest BCUT2D eigenvalue weighted by molar-refractivity contribution is 5.98. The van der Waals surface area contributed by atoms with Gasteiger partial charge in [0.15, 0.2) is 0 Å². The first-order valence-electron chi connectivity index (χ1n) is 8.95. The molecule has 1 saturated heterocycles. The fourth-order valence-corrected chi connectivity index (χ4v) is 3.34. The fraction of sp³-hybridized carbons (Fsp3) is 0.350. The van der Waals surface area contributed by atoms with Crippen LogP contribution in [0.15, 0.2) is 48.5 Å². The van der Waals surface area contributed by atoms with Gasteiger partial charge in [0.25, 0.3) is 5.91 Å². The number of hydrogen-bond acceptors (Lipinski definition) is 5. The van der Waals surface area contributed by atoms with Gasteiger partial charge >= 0.3 is 0 Å². The molecule has 1 unspecified atom stereocenters. The molecular formula is C20H26N4O2. The Kier molecular flexibility index (Phi) is 5.63. The van der Waals surface area contributed by atoms with Crippen LogP contribution in [-0.2, 0) is 0 Å². The Morgan fingerprint density at radius 2 is 1.85 bits per heavy atom. The Morgan fingerprint density at radius 1 is 1.15 bits per heavy atom. The third kappa shape index (κ3) is 4.26. The zero-order chi connectivity index (χ0) is 18.5. The molecule has 0 spiro atoms. The molecule has 0 saturated carbocycles. The van der Waals surface area contributed by atoms with Gasteiger partial charge in [-0.1, -0.05) is 18.2 Å². The number of aromatic hydroxyl groups is 1. The highest BCUT2D eigenvalue weighted by Gasteiger charge is 2.21. The monoisotopic (exact) mass is 354 g/mol. The highest BCUT2D eigenvalue weighted by Crippen LogP contribution is 2.21. The number of primary amides is 1. The molecule has 1 fully saturated rings. The van der Waals surface area contributed by atoms with Gasteiger partial charge in [-0.15, -0.1) is 0 Å². The minimum atomic E-state index is -0.549. The van der Waals surface area contributed by atoms with Crippen LogP contribution >= 0.6 is 0 Å². The molecule has 1 heterocycles. The predicted octanol–water partition coefficient (Wildman–Crippen LogP) is 2.11. The van der Waals surface area contributed by atoms with E-state index in [4.69, 9.17) is 5.73 Å². The van der Waals surface area contributed by atoms with E-state index in [2.05, 4.69) is 46.3 Å². The number of nitrogens with zero attached hydrogens (tertiary/aromatic N) is 2. The van der Waals surface area contributed by atoms with Crippen molar-refractivity contribution in [1.82, 2.24) is 4.90 Å². The summed E-state index contributed by atoms with van der Waals surface area (Å²) in [5.41, 5.74) is 7.64. The van der Waals surface area contributed by atoms with Gasteiger partial charge in [0.05, 0.1) is 5.56 Å². The average molecular weight is 354 g/mol. The van der Waals surface area contributed by atoms with Gasteiger partial charge in [0.1, 0.15) is 5.75 Å². The number of carbonyl (C=O) groups excluding carboxylic acids is 1. The predicted molar refractivity (Wildman–Crippen MR) is 105 cm³/mol. The molecule has 6 heteroatoms. The summed E-state index contributed by atoms with van der Waals surface area (Å²) < 4.78 is 0. The van der Waals surface area contributed by atoms with Crippen molar-refractivity contribution in [3.05, 3.63) is 54.1 Å². The van der Waals surface area contributed by atoms with Crippen LogP contribution in [0, 0.1) is 0 Å². The summed E-state index contributed by atoms with van der Waals surface area (Å²) in [6, 6.07) is 15.4. The van der Waals surface area contributed by atoms with Crippen LogP contribution in [0.2, 0.25) is 0 Å². The summed E-state index contributed by atoms with van der Waals surface area (Å²) in [7, 11) is 0. The van der Waals surface area contributed by atoms with Crippen molar-refractivity contribution in [3.8, 4) is 5.75 Å². The molecule has 1 amide bonds. The molecule has 0 aromatic heterocycles. The summed E-state index contributed by atoms with van der Waals surface area (Å²) in [5, 5.41) is 12.8. The van der Waals surface area contributed by atoms with Gasteiger partial charge < -0.3 is 21.1 Å². The van der Waals surface area contributed by atoms with Crippen molar-refractivity contribution < 1.29 is 9.90 Å². The molecule has 2 aromatic rings. The summed E-state index contributed by atoms with van der Waals surface area (Å²) in [4.78, 5) is 16.4. The van der Waals surface area contributed by atoms with E-state index in [-0.39, 0.29) is 5.75 Å². The van der Waals surface area contributed by atoms with Crippen LogP contribution in [0.4, 0.5) is 11.4 Å². The van der Waals surface area contributed by atoms with Gasteiger partial charge in [-0.2, -0.15) is 0 Å². The Bertz CT molecular complexity index is 743. The molecule has 26 heavy (non-hydrogen) atoms. The summed E-state index contributed by atoms with van der Waals surface area (Å²) in [5.74, 6) is -0.512. The van der Waals surface area contributed by atoms with E-state index in [1.54, 1.807) is 12.1 Å². The lowest BCUT2D eigenvalue weighted by Gasteiger charge is -2.39. The number of amides is 1. The number of phenols is 1. The number of carbonyl (C=O) groups is 1. The fourth-order valence-electron chi connectivity index (χ4n) is 3.34. The van der Waals surface area contributed by atoms with Crippen molar-refractivity contribution in [2.24, 2.45) is 5.73 Å². The molecule has 1 aliphatic heterocycles. The minimum absolute atomic E-state index is 0.0365. The van der Waals surface area contributed by atoms with E-state index >= 15 is 0 Å². The van der Waals surface area contributed by atoms with Crippen LogP contribution in [-0.4, -0.2) is 54.7 Å². The van der Waals surface area contributed by atoms with Crippen molar-refractivity contribution in [1.29, 1.82) is 0 Å². The number of para-hydroxylation sites is 1. The molecular weight excluding hydrogens is 328 g/mol. The molecule has 0 bridgehead atoms. The highest BCUT2D eigenvalue weighted by atomic mass is 16.3. The van der Waals surface area contributed by atoms with E-state index < -0.39 is 5.91 Å². The maximum Gasteiger partial charge on any atom is 0.250 e. The van der Waals surface area contributed by atoms with Gasteiger partial charge in [0.2, 0.25) is 0 Å². The largest absolute Gasteiger partial charge is 0.508 e. The van der Waals surface area contributed by atoms with Crippen molar-refractivity contribution in [3.63, 3.8) is 0 Å². The second-order valence-electron chi connectivity index (χ2n) is 6.68. The third-order valence-corrected chi connectivity index (χ3v) is 4.92. The zero-order valence-corrected chi connectivity index (χ0v) is 15.1. The Morgan fingerprint density at radius 3 is 2.50 bits per heavy atom. The normalized spacial score (nSPS) is 16.3. The maximum atomic E-state index is 11.5. The van der Waals surface area contributed by atoms with E-state index in [9.17, 15) is 9.90 Å². The number of benzene rings is 2. The van der Waals surface area contributed by atoms with Crippen LogP contribution in [0.1, 0.15) is 17.3 Å². The first kappa shape index (κ1) is 18.1. The number of nitrogens with one attached hydrogen (secondary N) is 1. The number of phenolic OH excluding ortho intramolecular Hbond substituents is 1. The van der Waals surface area contributed by atoms with Crippen molar-refractivity contribution in [2.45, 2.75) is 13.0 Å². The van der Waals surface area contributed by atoms with E-state index in [0.717, 1.165) is 26.2 Å². The van der Waals surface area contributed by atoms with Crippen LogP contribution in [0.25, 0.3) is 0 Å². The molecule has 2 aromatic carbocycles. The summed E-state index contributed by atoms with van der Waals surface area (Å²) >= 11 is 0. The SMILES string of the molecule is CC(CNc1ccc(O)cc1C(N)=O)N1CCN(c2ccccc2)CC1. The van der Waals surface area contributed by atoms with Crippen molar-refractivity contribution >= 4 is 17.3 Å². The van der Waals surface area contributed by atoms with E-state index in [1.807, 2.05) is 6.07 Å². The Labute approximate surface area is 154 Å². The average Bonchev–Trinajstić information content (AvgIpc) is 2.67. The zero-order valence-electron chi connectivity index (χ0n) is 15.1. The Balaban J connectivity index is 1.54. The Hall–Kier alpha value is -2.73. The second kappa shape index (κ2) is 8.10. The molecule has 0 aliphatic carbocycles. The lowest BCUT2D eigenvalue weighted by molar-refractivity contribution is 0.100. The topological polar surface area (TPSA) is 81.8 Å². The summed E-state index contributed by atoms with van der Waals surface area (Å²) in [6.45, 7) is 6.87. The van der Waals surface area contributed by atoms with Crippen LogP contribution < -0.4 is 16.0 Å². The lowest BCUT2D eigenvalue weighted by Crippen LogP contribution is -2.51. The molecule has 1 atom stereocenters. The van der Waals surface area contributed by atoms with Gasteiger partial charge in [-0.3, -0.25) is 9.69 Å². The lowest BCUT2D eigenvalue weighted by atomic mass is 10.1. The molecule has 3 rings (SSSR count). The number of piperazine rings is 1. The third-order valence-electron chi connectivity index (χ3n) is 4.92. The molecule has 1 aliphatic rings. The first-order chi connectivity index (χ1) is 12.5. The maximum absolute atomic E-state index is 11.5. The van der Waals surface area contributed by atoms with E-state index in [0.29, 0.717) is 23.8 Å². The van der Waals surface area contributed by atoms with Crippen LogP contribution in [0.3, 0.4) is 0 Å².